The number of carbonyl (C=O) groups excluding carboxylic acids is 1. The molecule has 0 bridgehead atoms. The number of hydrogen-bond donors (Lipinski definition) is 2. The molecule has 3 N–H and O–H groups in total. The smallest absolute Gasteiger partial charge is 0.222 e. The SMILES string of the molecule is CCc1nc(CCNC(=O)CC(CN)OC)cs1.Cl.Cl. The molecule has 1 unspecified atom stereocenters. The standard InChI is InChI=1S/C12H21N3O2S.2ClH/c1-3-12-15-9(8-18-12)4-5-14-11(16)6-10(7-13)17-2;;/h8,10H,3-7,13H2,1-2H3,(H,14,16);2*1H. The molecule has 1 aromatic rings. The summed E-state index contributed by atoms with van der Waals surface area (Å²) >= 11 is 1.67. The van der Waals surface area contributed by atoms with Gasteiger partial charge in [0.05, 0.1) is 23.2 Å². The Kier molecular flexibility index (Phi) is 13.5. The lowest BCUT2D eigenvalue weighted by molar-refractivity contribution is -0.123. The number of ether oxygens (including phenoxy) is 1. The maximum atomic E-state index is 11.6. The Morgan fingerprint density at radius 1 is 1.55 bits per heavy atom. The number of aryl methyl sites for hydroxylation is 1. The van der Waals surface area contributed by atoms with Gasteiger partial charge in [0.25, 0.3) is 0 Å². The Hall–Kier alpha value is -0.400. The number of nitrogens with zero attached hydrogens (tertiary/aromatic N) is 1. The van der Waals surface area contributed by atoms with E-state index in [-0.39, 0.29) is 36.8 Å². The van der Waals surface area contributed by atoms with Crippen molar-refractivity contribution in [3.05, 3.63) is 16.1 Å². The van der Waals surface area contributed by atoms with E-state index in [0.29, 0.717) is 19.5 Å². The van der Waals surface area contributed by atoms with Crippen LogP contribution in [0.3, 0.4) is 0 Å². The Balaban J connectivity index is 0. The first kappa shape index (κ1) is 21.9. The molecule has 5 nitrogen and oxygen atoms in total. The second-order valence-corrected chi connectivity index (χ2v) is 4.93. The molecule has 0 spiro atoms. The maximum Gasteiger partial charge on any atom is 0.222 e. The van der Waals surface area contributed by atoms with Crippen molar-refractivity contribution in [2.24, 2.45) is 5.73 Å². The molecule has 20 heavy (non-hydrogen) atoms. The molecular weight excluding hydrogens is 321 g/mol. The van der Waals surface area contributed by atoms with Gasteiger partial charge in [0.15, 0.2) is 0 Å². The van der Waals surface area contributed by atoms with E-state index in [1.165, 1.54) is 0 Å². The molecule has 1 amide bonds. The number of aromatic nitrogens is 1. The number of halogens is 2. The third-order valence-electron chi connectivity index (χ3n) is 2.61. The zero-order valence-corrected chi connectivity index (χ0v) is 14.2. The minimum atomic E-state index is -0.198. The van der Waals surface area contributed by atoms with E-state index < -0.39 is 0 Å². The molecule has 0 fully saturated rings. The minimum Gasteiger partial charge on any atom is -0.380 e. The number of nitrogens with two attached hydrogens (primary N) is 1. The van der Waals surface area contributed by atoms with E-state index in [1.54, 1.807) is 18.4 Å². The lowest BCUT2D eigenvalue weighted by atomic mass is 10.2. The summed E-state index contributed by atoms with van der Waals surface area (Å²) in [5, 5.41) is 6.03. The number of methoxy groups -OCH3 is 1. The minimum absolute atomic E-state index is 0. The van der Waals surface area contributed by atoms with Crippen molar-refractivity contribution in [2.75, 3.05) is 20.2 Å². The largest absolute Gasteiger partial charge is 0.380 e. The number of thiazole rings is 1. The normalized spacial score (nSPS) is 11.2. The average molecular weight is 344 g/mol. The highest BCUT2D eigenvalue weighted by molar-refractivity contribution is 7.09. The number of amides is 1. The van der Waals surface area contributed by atoms with Gasteiger partial charge in [0.1, 0.15) is 0 Å². The van der Waals surface area contributed by atoms with Gasteiger partial charge in [0.2, 0.25) is 5.91 Å². The van der Waals surface area contributed by atoms with E-state index in [9.17, 15) is 4.79 Å². The molecule has 0 radical (unpaired) electrons. The van der Waals surface area contributed by atoms with Gasteiger partial charge in [-0.05, 0) is 6.42 Å². The van der Waals surface area contributed by atoms with Crippen LogP contribution in [-0.2, 0) is 22.4 Å². The summed E-state index contributed by atoms with van der Waals surface area (Å²) in [6, 6.07) is 0. The molecule has 8 heteroatoms. The zero-order chi connectivity index (χ0) is 13.4. The van der Waals surface area contributed by atoms with Crippen molar-refractivity contribution in [1.29, 1.82) is 0 Å². The van der Waals surface area contributed by atoms with Crippen molar-refractivity contribution in [2.45, 2.75) is 32.3 Å². The van der Waals surface area contributed by atoms with Gasteiger partial charge >= 0.3 is 0 Å². The zero-order valence-electron chi connectivity index (χ0n) is 11.8. The summed E-state index contributed by atoms with van der Waals surface area (Å²) in [6.45, 7) is 3.05. The first-order chi connectivity index (χ1) is 8.69. The highest BCUT2D eigenvalue weighted by Crippen LogP contribution is 2.10. The van der Waals surface area contributed by atoms with Crippen LogP contribution in [0.25, 0.3) is 0 Å². The van der Waals surface area contributed by atoms with Crippen LogP contribution >= 0.6 is 36.2 Å². The lowest BCUT2D eigenvalue weighted by Gasteiger charge is -2.12. The van der Waals surface area contributed by atoms with Crippen LogP contribution in [0.5, 0.6) is 0 Å². The molecule has 0 aromatic carbocycles. The van der Waals surface area contributed by atoms with E-state index >= 15 is 0 Å². The fourth-order valence-electron chi connectivity index (χ4n) is 1.50. The Labute approximate surface area is 136 Å². The van der Waals surface area contributed by atoms with Gasteiger partial charge in [-0.1, -0.05) is 6.92 Å². The van der Waals surface area contributed by atoms with Crippen LogP contribution in [0.2, 0.25) is 0 Å². The summed E-state index contributed by atoms with van der Waals surface area (Å²) in [6.07, 6.45) is 1.84. The summed E-state index contributed by atoms with van der Waals surface area (Å²) in [4.78, 5) is 16.0. The second kappa shape index (κ2) is 12.3. The average Bonchev–Trinajstić information content (AvgIpc) is 2.84. The van der Waals surface area contributed by atoms with E-state index in [2.05, 4.69) is 17.2 Å². The molecule has 0 aliphatic heterocycles. The molecule has 1 heterocycles. The Morgan fingerprint density at radius 2 is 2.25 bits per heavy atom. The summed E-state index contributed by atoms with van der Waals surface area (Å²) in [5.41, 5.74) is 6.50. The molecule has 0 aliphatic carbocycles. The van der Waals surface area contributed by atoms with Crippen molar-refractivity contribution in [3.63, 3.8) is 0 Å². The predicted molar refractivity (Wildman–Crippen MR) is 87.2 cm³/mol. The summed E-state index contributed by atoms with van der Waals surface area (Å²) < 4.78 is 5.06. The summed E-state index contributed by atoms with van der Waals surface area (Å²) in [5.74, 6) is -0.0294. The van der Waals surface area contributed by atoms with Gasteiger partial charge in [-0.25, -0.2) is 4.98 Å². The highest BCUT2D eigenvalue weighted by Gasteiger charge is 2.10. The maximum absolute atomic E-state index is 11.6. The Morgan fingerprint density at radius 3 is 2.75 bits per heavy atom. The molecule has 0 saturated heterocycles. The quantitative estimate of drug-likeness (QED) is 0.751. The lowest BCUT2D eigenvalue weighted by Crippen LogP contribution is -2.33. The molecular formula is C12H23Cl2N3O2S. The van der Waals surface area contributed by atoms with Gasteiger partial charge in [-0.15, -0.1) is 36.2 Å². The fourth-order valence-corrected chi connectivity index (χ4v) is 2.28. The Bertz CT molecular complexity index is 373. The number of carbonyl (C=O) groups is 1. The third-order valence-corrected chi connectivity index (χ3v) is 3.66. The van der Waals surface area contributed by atoms with Crippen LogP contribution in [0.15, 0.2) is 5.38 Å². The van der Waals surface area contributed by atoms with Gasteiger partial charge in [-0.3, -0.25) is 4.79 Å². The van der Waals surface area contributed by atoms with Crippen LogP contribution < -0.4 is 11.1 Å². The van der Waals surface area contributed by atoms with Crippen molar-refractivity contribution in [1.82, 2.24) is 10.3 Å². The molecule has 1 atom stereocenters. The fraction of sp³-hybridized carbons (Fsp3) is 0.667. The van der Waals surface area contributed by atoms with Crippen molar-refractivity contribution >= 4 is 42.1 Å². The van der Waals surface area contributed by atoms with E-state index in [1.807, 2.05) is 5.38 Å². The third kappa shape index (κ3) is 8.01. The first-order valence-corrected chi connectivity index (χ1v) is 7.00. The van der Waals surface area contributed by atoms with Crippen LogP contribution in [0, 0.1) is 0 Å². The van der Waals surface area contributed by atoms with Crippen LogP contribution in [0.1, 0.15) is 24.0 Å². The van der Waals surface area contributed by atoms with Crippen LogP contribution in [0.4, 0.5) is 0 Å². The van der Waals surface area contributed by atoms with Crippen molar-refractivity contribution < 1.29 is 9.53 Å². The first-order valence-electron chi connectivity index (χ1n) is 6.12. The topological polar surface area (TPSA) is 77.2 Å². The van der Waals surface area contributed by atoms with Gasteiger partial charge < -0.3 is 15.8 Å². The molecule has 1 aromatic heterocycles. The molecule has 1 rings (SSSR count). The summed E-state index contributed by atoms with van der Waals surface area (Å²) in [7, 11) is 1.56. The molecule has 0 saturated carbocycles. The predicted octanol–water partition coefficient (Wildman–Crippen LogP) is 1.57. The highest BCUT2D eigenvalue weighted by atomic mass is 35.5. The van der Waals surface area contributed by atoms with Crippen molar-refractivity contribution in [3.8, 4) is 0 Å². The number of nitrogens with one attached hydrogen (secondary N) is 1. The van der Waals surface area contributed by atoms with Crippen LogP contribution in [-0.4, -0.2) is 37.2 Å². The monoisotopic (exact) mass is 343 g/mol. The van der Waals surface area contributed by atoms with Gasteiger partial charge in [0, 0.05) is 32.0 Å². The van der Waals surface area contributed by atoms with E-state index in [0.717, 1.165) is 23.5 Å². The number of rotatable bonds is 8. The number of hydrogen-bond acceptors (Lipinski definition) is 5. The van der Waals surface area contributed by atoms with Gasteiger partial charge in [-0.2, -0.15) is 0 Å². The molecule has 0 aliphatic rings. The molecule has 118 valence electrons. The van der Waals surface area contributed by atoms with E-state index in [4.69, 9.17) is 10.5 Å². The second-order valence-electron chi connectivity index (χ2n) is 3.98.